The summed E-state index contributed by atoms with van der Waals surface area (Å²) in [6.07, 6.45) is 2.84. The Labute approximate surface area is 145 Å². The fourth-order valence-electron chi connectivity index (χ4n) is 2.23. The number of nitrogens with one attached hydrogen (secondary N) is 2. The summed E-state index contributed by atoms with van der Waals surface area (Å²) in [5, 5.41) is 5.69. The molecule has 6 heteroatoms. The van der Waals surface area contributed by atoms with Crippen molar-refractivity contribution in [2.45, 2.75) is 13.8 Å². The van der Waals surface area contributed by atoms with E-state index in [0.29, 0.717) is 11.6 Å². The number of rotatable bonds is 4. The smallest absolute Gasteiger partial charge is 0.258 e. The molecule has 0 aliphatic heterocycles. The number of hydrogen-bond donors (Lipinski definition) is 2. The lowest BCUT2D eigenvalue weighted by Crippen LogP contribution is -2.13. The Morgan fingerprint density at radius 1 is 0.960 bits per heavy atom. The molecule has 126 valence electrons. The Morgan fingerprint density at radius 2 is 1.72 bits per heavy atom. The first-order valence-corrected chi connectivity index (χ1v) is 7.74. The van der Waals surface area contributed by atoms with E-state index in [4.69, 9.17) is 0 Å². The van der Waals surface area contributed by atoms with Gasteiger partial charge in [-0.05, 0) is 55.3 Å². The molecule has 0 atom stereocenters. The van der Waals surface area contributed by atoms with E-state index in [1.165, 1.54) is 36.2 Å². The van der Waals surface area contributed by atoms with Crippen molar-refractivity contribution >= 4 is 23.2 Å². The molecule has 5 nitrogen and oxygen atoms in total. The number of carbonyl (C=O) groups is 1. The van der Waals surface area contributed by atoms with E-state index in [2.05, 4.69) is 20.6 Å². The van der Waals surface area contributed by atoms with Gasteiger partial charge in [0.25, 0.3) is 5.91 Å². The number of aromatic nitrogens is 2. The molecule has 0 saturated carbocycles. The van der Waals surface area contributed by atoms with Crippen LogP contribution in [0.5, 0.6) is 0 Å². The summed E-state index contributed by atoms with van der Waals surface area (Å²) in [4.78, 5) is 20.4. The second-order valence-corrected chi connectivity index (χ2v) is 5.68. The zero-order valence-electron chi connectivity index (χ0n) is 13.9. The second-order valence-electron chi connectivity index (χ2n) is 5.68. The summed E-state index contributed by atoms with van der Waals surface area (Å²) in [6, 6.07) is 11.6. The van der Waals surface area contributed by atoms with E-state index in [-0.39, 0.29) is 5.56 Å². The van der Waals surface area contributed by atoms with Gasteiger partial charge in [-0.15, -0.1) is 0 Å². The maximum atomic E-state index is 13.1. The van der Waals surface area contributed by atoms with Crippen molar-refractivity contribution in [1.29, 1.82) is 0 Å². The molecule has 0 aliphatic carbocycles. The van der Waals surface area contributed by atoms with Crippen molar-refractivity contribution in [2.24, 2.45) is 0 Å². The highest BCUT2D eigenvalue weighted by Gasteiger charge is 2.08. The maximum absolute atomic E-state index is 13.1. The number of nitrogens with zero attached hydrogens (tertiary/aromatic N) is 2. The maximum Gasteiger partial charge on any atom is 0.258 e. The fraction of sp³-hybridized carbons (Fsp3) is 0.105. The third-order valence-corrected chi connectivity index (χ3v) is 3.76. The highest BCUT2D eigenvalue weighted by Crippen LogP contribution is 2.17. The molecule has 0 spiro atoms. The molecule has 2 N–H and O–H groups in total. The van der Waals surface area contributed by atoms with E-state index >= 15 is 0 Å². The van der Waals surface area contributed by atoms with Gasteiger partial charge in [-0.25, -0.2) is 14.4 Å². The Morgan fingerprint density at radius 3 is 2.40 bits per heavy atom. The van der Waals surface area contributed by atoms with Crippen LogP contribution in [0.4, 0.5) is 21.7 Å². The van der Waals surface area contributed by atoms with Crippen LogP contribution in [-0.4, -0.2) is 15.9 Å². The third-order valence-electron chi connectivity index (χ3n) is 3.76. The highest BCUT2D eigenvalue weighted by atomic mass is 19.1. The number of halogens is 1. The van der Waals surface area contributed by atoms with Crippen molar-refractivity contribution in [3.05, 3.63) is 77.4 Å². The lowest BCUT2D eigenvalue weighted by atomic mass is 10.1. The van der Waals surface area contributed by atoms with Gasteiger partial charge in [0.2, 0.25) is 5.95 Å². The molecule has 0 saturated heterocycles. The molecule has 25 heavy (non-hydrogen) atoms. The topological polar surface area (TPSA) is 66.9 Å². The molecule has 1 amide bonds. The average Bonchev–Trinajstić information content (AvgIpc) is 2.59. The van der Waals surface area contributed by atoms with Crippen LogP contribution in [0.3, 0.4) is 0 Å². The first kappa shape index (κ1) is 16.6. The van der Waals surface area contributed by atoms with E-state index in [1.807, 2.05) is 32.0 Å². The Balaban J connectivity index is 1.69. The van der Waals surface area contributed by atoms with E-state index in [9.17, 15) is 9.18 Å². The SMILES string of the molecule is Cc1ccc(Nc2ncc(C(=O)Nc3cccc(F)c3)cn2)cc1C. The van der Waals surface area contributed by atoms with Crippen molar-refractivity contribution in [1.82, 2.24) is 9.97 Å². The fourth-order valence-corrected chi connectivity index (χ4v) is 2.23. The van der Waals surface area contributed by atoms with Gasteiger partial charge in [0, 0.05) is 23.8 Å². The largest absolute Gasteiger partial charge is 0.324 e. The van der Waals surface area contributed by atoms with Crippen molar-refractivity contribution in [2.75, 3.05) is 10.6 Å². The first-order chi connectivity index (χ1) is 12.0. The molecule has 0 aliphatic rings. The number of aryl methyl sites for hydroxylation is 2. The van der Waals surface area contributed by atoms with Gasteiger partial charge in [0.15, 0.2) is 0 Å². The minimum atomic E-state index is -0.415. The van der Waals surface area contributed by atoms with Crippen LogP contribution in [0.2, 0.25) is 0 Å². The van der Waals surface area contributed by atoms with Gasteiger partial charge in [0.05, 0.1) is 5.56 Å². The van der Waals surface area contributed by atoms with Crippen LogP contribution in [0.15, 0.2) is 54.9 Å². The van der Waals surface area contributed by atoms with Gasteiger partial charge >= 0.3 is 0 Å². The Hall–Kier alpha value is -3.28. The zero-order valence-corrected chi connectivity index (χ0v) is 13.9. The van der Waals surface area contributed by atoms with Gasteiger partial charge in [0.1, 0.15) is 5.82 Å². The number of carbonyl (C=O) groups excluding carboxylic acids is 1. The number of anilines is 3. The monoisotopic (exact) mass is 336 g/mol. The minimum absolute atomic E-state index is 0.287. The van der Waals surface area contributed by atoms with Crippen LogP contribution in [0.1, 0.15) is 21.5 Å². The summed E-state index contributed by atoms with van der Waals surface area (Å²) < 4.78 is 13.1. The zero-order chi connectivity index (χ0) is 17.8. The predicted octanol–water partition coefficient (Wildman–Crippen LogP) is 4.23. The molecule has 1 aromatic heterocycles. The predicted molar refractivity (Wildman–Crippen MR) is 95.6 cm³/mol. The van der Waals surface area contributed by atoms with Gasteiger partial charge < -0.3 is 10.6 Å². The van der Waals surface area contributed by atoms with E-state index in [0.717, 1.165) is 11.3 Å². The van der Waals surface area contributed by atoms with Crippen LogP contribution in [-0.2, 0) is 0 Å². The molecular weight excluding hydrogens is 319 g/mol. The quantitative estimate of drug-likeness (QED) is 0.748. The summed E-state index contributed by atoms with van der Waals surface area (Å²) in [6.45, 7) is 4.07. The summed E-state index contributed by atoms with van der Waals surface area (Å²) in [5.74, 6) is -0.420. The summed E-state index contributed by atoms with van der Waals surface area (Å²) >= 11 is 0. The highest BCUT2D eigenvalue weighted by molar-refractivity contribution is 6.03. The first-order valence-electron chi connectivity index (χ1n) is 7.74. The van der Waals surface area contributed by atoms with Gasteiger partial charge in [-0.2, -0.15) is 0 Å². The number of amides is 1. The number of hydrogen-bond acceptors (Lipinski definition) is 4. The normalized spacial score (nSPS) is 10.4. The van der Waals surface area contributed by atoms with Crippen LogP contribution in [0.25, 0.3) is 0 Å². The van der Waals surface area contributed by atoms with Gasteiger partial charge in [-0.1, -0.05) is 12.1 Å². The summed E-state index contributed by atoms with van der Waals surface area (Å²) in [7, 11) is 0. The van der Waals surface area contributed by atoms with Crippen molar-refractivity contribution in [3.63, 3.8) is 0 Å². The molecule has 3 aromatic rings. The van der Waals surface area contributed by atoms with Gasteiger partial charge in [-0.3, -0.25) is 4.79 Å². The molecule has 0 unspecified atom stereocenters. The van der Waals surface area contributed by atoms with Crippen molar-refractivity contribution in [3.8, 4) is 0 Å². The molecule has 0 radical (unpaired) electrons. The Kier molecular flexibility index (Phi) is 4.70. The minimum Gasteiger partial charge on any atom is -0.324 e. The van der Waals surface area contributed by atoms with E-state index in [1.54, 1.807) is 6.07 Å². The third kappa shape index (κ3) is 4.17. The van der Waals surface area contributed by atoms with Crippen molar-refractivity contribution < 1.29 is 9.18 Å². The Bertz CT molecular complexity index is 910. The standard InChI is InChI=1S/C19H17FN4O/c1-12-6-7-17(8-13(12)2)24-19-21-10-14(11-22-19)18(25)23-16-5-3-4-15(20)9-16/h3-11H,1-2H3,(H,23,25)(H,21,22,24). The molecule has 0 bridgehead atoms. The molecule has 1 heterocycles. The lowest BCUT2D eigenvalue weighted by Gasteiger charge is -2.08. The van der Waals surface area contributed by atoms with Crippen LogP contribution >= 0.6 is 0 Å². The van der Waals surface area contributed by atoms with Crippen LogP contribution < -0.4 is 10.6 Å². The van der Waals surface area contributed by atoms with E-state index < -0.39 is 11.7 Å². The summed E-state index contributed by atoms with van der Waals surface area (Å²) in [5.41, 5.74) is 3.91. The lowest BCUT2D eigenvalue weighted by molar-refractivity contribution is 0.102. The second kappa shape index (κ2) is 7.09. The molecular formula is C19H17FN4O. The number of benzene rings is 2. The molecule has 2 aromatic carbocycles. The molecule has 0 fully saturated rings. The molecule has 3 rings (SSSR count). The average molecular weight is 336 g/mol. The van der Waals surface area contributed by atoms with Crippen LogP contribution in [0, 0.1) is 19.7 Å².